The van der Waals surface area contributed by atoms with Gasteiger partial charge in [0.05, 0.1) is 0 Å². The van der Waals surface area contributed by atoms with Gasteiger partial charge in [0.1, 0.15) is 5.78 Å². The first-order valence-electron chi connectivity index (χ1n) is 6.52. The van der Waals surface area contributed by atoms with Gasteiger partial charge < -0.3 is 0 Å². The maximum atomic E-state index is 12.0. The van der Waals surface area contributed by atoms with Gasteiger partial charge >= 0.3 is 0 Å². The molecule has 1 fully saturated rings. The second kappa shape index (κ2) is 4.29. The quantitative estimate of drug-likeness (QED) is 0.765. The third-order valence-corrected chi connectivity index (χ3v) is 3.93. The van der Waals surface area contributed by atoms with Gasteiger partial charge in [-0.2, -0.15) is 0 Å². The number of hydrogen-bond acceptors (Lipinski definition) is 1. The van der Waals surface area contributed by atoms with Crippen molar-refractivity contribution < 1.29 is 4.79 Å². The molecule has 1 aliphatic rings. The van der Waals surface area contributed by atoms with Gasteiger partial charge in [0.25, 0.3) is 0 Å². The van der Waals surface area contributed by atoms with Crippen LogP contribution in [0, 0.1) is 11.3 Å². The number of carbonyl (C=O) groups is 1. The lowest BCUT2D eigenvalue weighted by molar-refractivity contribution is -0.120. The molecule has 1 saturated carbocycles. The van der Waals surface area contributed by atoms with E-state index < -0.39 is 0 Å². The lowest BCUT2D eigenvalue weighted by Gasteiger charge is -2.07. The molecule has 17 heavy (non-hydrogen) atoms. The Balaban J connectivity index is 1.98. The fourth-order valence-electron chi connectivity index (χ4n) is 2.36. The van der Waals surface area contributed by atoms with Gasteiger partial charge in [-0.3, -0.25) is 4.79 Å². The molecule has 1 unspecified atom stereocenters. The number of Topliss-reactive ketones (excluding diaryl/α,β-unsaturated/α-hetero) is 1. The molecule has 1 atom stereocenters. The second-order valence-electron chi connectivity index (χ2n) is 6.28. The van der Waals surface area contributed by atoms with E-state index in [0.29, 0.717) is 24.0 Å². The van der Waals surface area contributed by atoms with Crippen molar-refractivity contribution in [1.29, 1.82) is 0 Å². The third kappa shape index (κ3) is 2.77. The van der Waals surface area contributed by atoms with Crippen LogP contribution in [-0.2, 0) is 11.2 Å². The average molecular weight is 230 g/mol. The first-order valence-corrected chi connectivity index (χ1v) is 6.52. The third-order valence-electron chi connectivity index (χ3n) is 3.93. The number of benzene rings is 1. The molecule has 1 heteroatoms. The fourth-order valence-corrected chi connectivity index (χ4v) is 2.36. The normalized spacial score (nSPS) is 21.6. The molecule has 0 heterocycles. The van der Waals surface area contributed by atoms with Crippen LogP contribution in [0.25, 0.3) is 0 Å². The lowest BCUT2D eigenvalue weighted by atomic mass is 9.98. The van der Waals surface area contributed by atoms with E-state index in [4.69, 9.17) is 0 Å². The molecule has 0 saturated heterocycles. The topological polar surface area (TPSA) is 17.1 Å². The van der Waals surface area contributed by atoms with Crippen LogP contribution in [0.1, 0.15) is 51.2 Å². The van der Waals surface area contributed by atoms with Gasteiger partial charge in [-0.1, -0.05) is 52.0 Å². The highest BCUT2D eigenvalue weighted by Gasteiger charge is 2.49. The number of carbonyl (C=O) groups excluding carboxylic acids is 1. The standard InChI is InChI=1S/C16H22O/c1-11(2)13-7-5-12(6-8-13)9-15(17)14-10-16(14,3)4/h5-8,11,14H,9-10H2,1-4H3. The first kappa shape index (κ1) is 12.3. The molecule has 92 valence electrons. The van der Waals surface area contributed by atoms with Gasteiger partial charge in [-0.25, -0.2) is 0 Å². The minimum atomic E-state index is 0.259. The zero-order valence-electron chi connectivity index (χ0n) is 11.3. The van der Waals surface area contributed by atoms with Crippen molar-refractivity contribution in [2.24, 2.45) is 11.3 Å². The van der Waals surface area contributed by atoms with Crippen molar-refractivity contribution in [2.45, 2.75) is 46.5 Å². The molecule has 1 aromatic rings. The van der Waals surface area contributed by atoms with Crippen LogP contribution in [0.2, 0.25) is 0 Å². The molecule has 0 N–H and O–H groups in total. The van der Waals surface area contributed by atoms with E-state index in [2.05, 4.69) is 52.0 Å². The number of rotatable bonds is 4. The summed E-state index contributed by atoms with van der Waals surface area (Å²) in [6.07, 6.45) is 1.67. The van der Waals surface area contributed by atoms with E-state index in [0.717, 1.165) is 12.0 Å². The van der Waals surface area contributed by atoms with Gasteiger partial charge in [0, 0.05) is 12.3 Å². The average Bonchev–Trinajstić information content (AvgIpc) is 2.89. The Labute approximate surface area is 104 Å². The highest BCUT2D eigenvalue weighted by Crippen LogP contribution is 2.52. The van der Waals surface area contributed by atoms with Gasteiger partial charge in [0.2, 0.25) is 0 Å². The molecule has 1 nitrogen and oxygen atoms in total. The van der Waals surface area contributed by atoms with E-state index >= 15 is 0 Å². The van der Waals surface area contributed by atoms with E-state index in [9.17, 15) is 4.79 Å². The van der Waals surface area contributed by atoms with Crippen LogP contribution in [0.5, 0.6) is 0 Å². The lowest BCUT2D eigenvalue weighted by Crippen LogP contribution is -2.09. The van der Waals surface area contributed by atoms with Crippen LogP contribution in [0.4, 0.5) is 0 Å². The summed E-state index contributed by atoms with van der Waals surface area (Å²) in [5.74, 6) is 1.27. The Morgan fingerprint density at radius 3 is 2.24 bits per heavy atom. The highest BCUT2D eigenvalue weighted by atomic mass is 16.1. The zero-order chi connectivity index (χ0) is 12.6. The largest absolute Gasteiger partial charge is 0.299 e. The van der Waals surface area contributed by atoms with Crippen molar-refractivity contribution in [2.75, 3.05) is 0 Å². The van der Waals surface area contributed by atoms with E-state index in [1.807, 2.05) is 0 Å². The SMILES string of the molecule is CC(C)c1ccc(CC(=O)C2CC2(C)C)cc1. The second-order valence-corrected chi connectivity index (χ2v) is 6.28. The van der Waals surface area contributed by atoms with Crippen molar-refractivity contribution in [3.63, 3.8) is 0 Å². The van der Waals surface area contributed by atoms with Crippen molar-refractivity contribution in [3.8, 4) is 0 Å². The van der Waals surface area contributed by atoms with Crippen molar-refractivity contribution in [1.82, 2.24) is 0 Å². The molecule has 0 aromatic heterocycles. The molecule has 1 aromatic carbocycles. The molecule has 0 bridgehead atoms. The maximum absolute atomic E-state index is 12.0. The minimum absolute atomic E-state index is 0.259. The first-order chi connectivity index (χ1) is 7.90. The smallest absolute Gasteiger partial charge is 0.140 e. The summed E-state index contributed by atoms with van der Waals surface area (Å²) in [5, 5.41) is 0. The summed E-state index contributed by atoms with van der Waals surface area (Å²) in [6.45, 7) is 8.73. The number of ketones is 1. The van der Waals surface area contributed by atoms with Gasteiger partial charge in [-0.15, -0.1) is 0 Å². The number of hydrogen-bond donors (Lipinski definition) is 0. The van der Waals surface area contributed by atoms with Crippen LogP contribution in [-0.4, -0.2) is 5.78 Å². The Kier molecular flexibility index (Phi) is 3.11. The Bertz CT molecular complexity index is 412. The molecule has 0 radical (unpaired) electrons. The summed E-state index contributed by atoms with van der Waals surface area (Å²) in [4.78, 5) is 12.0. The van der Waals surface area contributed by atoms with Crippen LogP contribution >= 0.6 is 0 Å². The molecular formula is C16H22O. The van der Waals surface area contributed by atoms with Crippen LogP contribution in [0.15, 0.2) is 24.3 Å². The monoisotopic (exact) mass is 230 g/mol. The highest BCUT2D eigenvalue weighted by molar-refractivity contribution is 5.86. The summed E-state index contributed by atoms with van der Waals surface area (Å²) in [7, 11) is 0. The summed E-state index contributed by atoms with van der Waals surface area (Å²) >= 11 is 0. The predicted molar refractivity (Wildman–Crippen MR) is 71.1 cm³/mol. The predicted octanol–water partition coefficient (Wildman–Crippen LogP) is 3.97. The van der Waals surface area contributed by atoms with Crippen LogP contribution in [0.3, 0.4) is 0 Å². The summed E-state index contributed by atoms with van der Waals surface area (Å²) in [5.41, 5.74) is 2.75. The van der Waals surface area contributed by atoms with Gasteiger partial charge in [-0.05, 0) is 28.9 Å². The van der Waals surface area contributed by atoms with Gasteiger partial charge in [0.15, 0.2) is 0 Å². The Morgan fingerprint density at radius 1 is 1.29 bits per heavy atom. The molecule has 1 aliphatic carbocycles. The molecular weight excluding hydrogens is 208 g/mol. The minimum Gasteiger partial charge on any atom is -0.299 e. The van der Waals surface area contributed by atoms with Crippen LogP contribution < -0.4 is 0 Å². The molecule has 2 rings (SSSR count). The van der Waals surface area contributed by atoms with E-state index in [1.54, 1.807) is 0 Å². The summed E-state index contributed by atoms with van der Waals surface area (Å²) in [6, 6.07) is 8.49. The fraction of sp³-hybridized carbons (Fsp3) is 0.562. The van der Waals surface area contributed by atoms with Crippen molar-refractivity contribution >= 4 is 5.78 Å². The maximum Gasteiger partial charge on any atom is 0.140 e. The zero-order valence-corrected chi connectivity index (χ0v) is 11.3. The van der Waals surface area contributed by atoms with E-state index in [1.165, 1.54) is 5.56 Å². The van der Waals surface area contributed by atoms with Crippen molar-refractivity contribution in [3.05, 3.63) is 35.4 Å². The molecule has 0 amide bonds. The molecule has 0 spiro atoms. The Hall–Kier alpha value is -1.11. The summed E-state index contributed by atoms with van der Waals surface area (Å²) < 4.78 is 0. The Morgan fingerprint density at radius 2 is 1.82 bits per heavy atom. The van der Waals surface area contributed by atoms with E-state index in [-0.39, 0.29) is 5.41 Å². The molecule has 0 aliphatic heterocycles.